The third kappa shape index (κ3) is 7.55. The van der Waals surface area contributed by atoms with E-state index in [1.807, 2.05) is 0 Å². The van der Waals surface area contributed by atoms with Crippen LogP contribution >= 0.6 is 0 Å². The van der Waals surface area contributed by atoms with E-state index in [2.05, 4.69) is 6.92 Å². The summed E-state index contributed by atoms with van der Waals surface area (Å²) in [6.45, 7) is 2.66. The van der Waals surface area contributed by atoms with E-state index in [4.69, 9.17) is 4.74 Å². The summed E-state index contributed by atoms with van der Waals surface area (Å²) in [5.41, 5.74) is 0. The van der Waals surface area contributed by atoms with Crippen molar-refractivity contribution in [2.45, 2.75) is 58.3 Å². The Morgan fingerprint density at radius 2 is 1.84 bits per heavy atom. The van der Waals surface area contributed by atoms with Crippen LogP contribution in [0, 0.1) is 5.92 Å². The molecule has 0 aromatic rings. The van der Waals surface area contributed by atoms with E-state index in [0.29, 0.717) is 13.0 Å². The molecule has 1 heterocycles. The molecule has 112 valence electrons. The molecule has 0 aromatic carbocycles. The smallest absolute Gasteiger partial charge is 0.306 e. The first-order valence-corrected chi connectivity index (χ1v) is 9.21. The molecule has 0 spiro atoms. The zero-order valence-corrected chi connectivity index (χ0v) is 12.7. The normalized spacial score (nSPS) is 21.4. The minimum atomic E-state index is -2.89. The van der Waals surface area contributed by atoms with Crippen molar-refractivity contribution in [3.05, 3.63) is 0 Å². The Kier molecular flexibility index (Phi) is 7.42. The van der Waals surface area contributed by atoms with E-state index in [1.54, 1.807) is 0 Å². The van der Waals surface area contributed by atoms with Crippen LogP contribution in [0.4, 0.5) is 0 Å². The molecule has 5 heteroatoms. The van der Waals surface area contributed by atoms with Gasteiger partial charge in [0, 0.05) is 6.42 Å². The molecule has 19 heavy (non-hydrogen) atoms. The lowest BCUT2D eigenvalue weighted by atomic mass is 10.1. The molecular weight excluding hydrogens is 264 g/mol. The zero-order chi connectivity index (χ0) is 14.1. The summed E-state index contributed by atoms with van der Waals surface area (Å²) < 4.78 is 27.7. The van der Waals surface area contributed by atoms with Gasteiger partial charge in [-0.05, 0) is 18.8 Å². The minimum absolute atomic E-state index is 0.0259. The van der Waals surface area contributed by atoms with Gasteiger partial charge in [-0.15, -0.1) is 0 Å². The molecule has 0 amide bonds. The lowest BCUT2D eigenvalue weighted by Crippen LogP contribution is -2.13. The number of ether oxygens (including phenoxy) is 1. The van der Waals surface area contributed by atoms with Gasteiger partial charge in [0.2, 0.25) is 0 Å². The Hall–Kier alpha value is -0.580. The van der Waals surface area contributed by atoms with Gasteiger partial charge in [-0.3, -0.25) is 4.79 Å². The molecule has 1 aliphatic heterocycles. The molecule has 0 bridgehead atoms. The monoisotopic (exact) mass is 290 g/mol. The lowest BCUT2D eigenvalue weighted by Gasteiger charge is -2.08. The SMILES string of the molecule is CCCCCCCCOC(=O)C[C@H]1CCS(=O)(=O)C1. The van der Waals surface area contributed by atoms with Gasteiger partial charge in [0.25, 0.3) is 0 Å². The van der Waals surface area contributed by atoms with Crippen LogP contribution in [0.3, 0.4) is 0 Å². The first-order chi connectivity index (χ1) is 9.03. The van der Waals surface area contributed by atoms with E-state index < -0.39 is 9.84 Å². The molecule has 4 nitrogen and oxygen atoms in total. The fourth-order valence-electron chi connectivity index (χ4n) is 2.40. The fraction of sp³-hybridized carbons (Fsp3) is 0.929. The maximum Gasteiger partial charge on any atom is 0.306 e. The average Bonchev–Trinajstić information content (AvgIpc) is 2.67. The quantitative estimate of drug-likeness (QED) is 0.484. The first-order valence-electron chi connectivity index (χ1n) is 7.39. The summed E-state index contributed by atoms with van der Waals surface area (Å²) in [6.07, 6.45) is 7.85. The predicted octanol–water partition coefficient (Wildman–Crippen LogP) is 2.71. The summed E-state index contributed by atoms with van der Waals surface area (Å²) in [7, 11) is -2.89. The highest BCUT2D eigenvalue weighted by Crippen LogP contribution is 2.21. The van der Waals surface area contributed by atoms with Gasteiger partial charge in [-0.2, -0.15) is 0 Å². The fourth-order valence-corrected chi connectivity index (χ4v) is 4.26. The van der Waals surface area contributed by atoms with E-state index >= 15 is 0 Å². The van der Waals surface area contributed by atoms with Crippen LogP contribution in [0.2, 0.25) is 0 Å². The van der Waals surface area contributed by atoms with Crippen molar-refractivity contribution in [2.24, 2.45) is 5.92 Å². The van der Waals surface area contributed by atoms with Crippen LogP contribution in [0.1, 0.15) is 58.3 Å². The highest BCUT2D eigenvalue weighted by atomic mass is 32.2. The number of sulfone groups is 1. The number of rotatable bonds is 9. The van der Waals surface area contributed by atoms with Crippen molar-refractivity contribution in [3.8, 4) is 0 Å². The number of carbonyl (C=O) groups is 1. The van der Waals surface area contributed by atoms with Crippen molar-refractivity contribution in [1.29, 1.82) is 0 Å². The van der Waals surface area contributed by atoms with Crippen LogP contribution < -0.4 is 0 Å². The molecule has 0 saturated carbocycles. The van der Waals surface area contributed by atoms with Crippen LogP contribution in [-0.2, 0) is 19.4 Å². The third-order valence-electron chi connectivity index (χ3n) is 3.54. The Labute approximate surface area is 116 Å². The Morgan fingerprint density at radius 3 is 2.47 bits per heavy atom. The number of carbonyl (C=O) groups excluding carboxylic acids is 1. The van der Waals surface area contributed by atoms with Gasteiger partial charge in [-0.1, -0.05) is 39.0 Å². The highest BCUT2D eigenvalue weighted by Gasteiger charge is 2.29. The van der Waals surface area contributed by atoms with Crippen LogP contribution in [0.5, 0.6) is 0 Å². The van der Waals surface area contributed by atoms with Gasteiger partial charge in [0.1, 0.15) is 0 Å². The summed E-state index contributed by atoms with van der Waals surface area (Å²) in [5, 5.41) is 0. The standard InChI is InChI=1S/C14H26O4S/c1-2-3-4-5-6-7-9-18-14(15)11-13-8-10-19(16,17)12-13/h13H,2-12H2,1H3/t13-/m1/s1. The van der Waals surface area contributed by atoms with Crippen molar-refractivity contribution in [3.63, 3.8) is 0 Å². The van der Waals surface area contributed by atoms with Crippen LogP contribution in [0.25, 0.3) is 0 Å². The molecule has 1 fully saturated rings. The second kappa shape index (κ2) is 8.56. The topological polar surface area (TPSA) is 60.4 Å². The van der Waals surface area contributed by atoms with Crippen molar-refractivity contribution >= 4 is 15.8 Å². The molecule has 0 unspecified atom stereocenters. The van der Waals surface area contributed by atoms with Gasteiger partial charge in [-0.25, -0.2) is 8.42 Å². The average molecular weight is 290 g/mol. The number of esters is 1. The number of unbranched alkanes of at least 4 members (excludes halogenated alkanes) is 5. The molecule has 0 radical (unpaired) electrons. The van der Waals surface area contributed by atoms with E-state index in [-0.39, 0.29) is 29.8 Å². The third-order valence-corrected chi connectivity index (χ3v) is 5.38. The Bertz CT molecular complexity index is 362. The van der Waals surface area contributed by atoms with Gasteiger partial charge in [0.05, 0.1) is 18.1 Å². The maximum absolute atomic E-state index is 11.5. The Morgan fingerprint density at radius 1 is 1.16 bits per heavy atom. The van der Waals surface area contributed by atoms with Gasteiger partial charge in [0.15, 0.2) is 9.84 Å². The van der Waals surface area contributed by atoms with E-state index in [0.717, 1.165) is 12.8 Å². The second-order valence-electron chi connectivity index (χ2n) is 5.46. The van der Waals surface area contributed by atoms with E-state index in [1.165, 1.54) is 25.7 Å². The lowest BCUT2D eigenvalue weighted by molar-refractivity contribution is -0.144. The maximum atomic E-state index is 11.5. The van der Waals surface area contributed by atoms with E-state index in [9.17, 15) is 13.2 Å². The molecule has 0 aliphatic carbocycles. The Balaban J connectivity index is 2.00. The second-order valence-corrected chi connectivity index (χ2v) is 7.69. The first kappa shape index (κ1) is 16.5. The molecule has 0 N–H and O–H groups in total. The summed E-state index contributed by atoms with van der Waals surface area (Å²) in [4.78, 5) is 11.5. The molecule has 1 atom stereocenters. The molecule has 1 saturated heterocycles. The molecule has 1 rings (SSSR count). The number of hydrogen-bond donors (Lipinski definition) is 0. The van der Waals surface area contributed by atoms with Crippen molar-refractivity contribution in [2.75, 3.05) is 18.1 Å². The summed E-state index contributed by atoms with van der Waals surface area (Å²) >= 11 is 0. The van der Waals surface area contributed by atoms with Gasteiger partial charge < -0.3 is 4.74 Å². The summed E-state index contributed by atoms with van der Waals surface area (Å²) in [6, 6.07) is 0. The van der Waals surface area contributed by atoms with Crippen molar-refractivity contribution in [1.82, 2.24) is 0 Å². The highest BCUT2D eigenvalue weighted by molar-refractivity contribution is 7.91. The molecular formula is C14H26O4S. The molecule has 1 aliphatic rings. The molecule has 0 aromatic heterocycles. The van der Waals surface area contributed by atoms with Crippen LogP contribution in [-0.4, -0.2) is 32.5 Å². The van der Waals surface area contributed by atoms with Crippen LogP contribution in [0.15, 0.2) is 0 Å². The summed E-state index contributed by atoms with van der Waals surface area (Å²) in [5.74, 6) is 0.110. The zero-order valence-electron chi connectivity index (χ0n) is 11.9. The van der Waals surface area contributed by atoms with Crippen molar-refractivity contribution < 1.29 is 17.9 Å². The minimum Gasteiger partial charge on any atom is -0.466 e. The number of hydrogen-bond acceptors (Lipinski definition) is 4. The van der Waals surface area contributed by atoms with Gasteiger partial charge >= 0.3 is 5.97 Å². The predicted molar refractivity (Wildman–Crippen MR) is 75.7 cm³/mol. The largest absolute Gasteiger partial charge is 0.466 e.